The quantitative estimate of drug-likeness (QED) is 0.885. The van der Waals surface area contributed by atoms with E-state index in [9.17, 15) is 4.79 Å². The zero-order valence-electron chi connectivity index (χ0n) is 12.4. The molecule has 0 bridgehead atoms. The van der Waals surface area contributed by atoms with Gasteiger partial charge >= 0.3 is 0 Å². The highest BCUT2D eigenvalue weighted by atomic mass is 16.2. The van der Waals surface area contributed by atoms with Gasteiger partial charge in [0.2, 0.25) is 5.91 Å². The van der Waals surface area contributed by atoms with Crippen LogP contribution in [0.3, 0.4) is 0 Å². The molecule has 1 heterocycles. The van der Waals surface area contributed by atoms with Crippen LogP contribution in [0.1, 0.15) is 31.9 Å². The maximum atomic E-state index is 12.5. The van der Waals surface area contributed by atoms with E-state index in [1.807, 2.05) is 18.7 Å². The SMILES string of the molecule is Cc1ccc(CN2CC(C)CNC(C)(C)C2=O)cc1. The van der Waals surface area contributed by atoms with Crippen molar-refractivity contribution in [2.45, 2.75) is 39.8 Å². The number of amides is 1. The molecule has 19 heavy (non-hydrogen) atoms. The summed E-state index contributed by atoms with van der Waals surface area (Å²) < 4.78 is 0. The molecule has 104 valence electrons. The van der Waals surface area contributed by atoms with Gasteiger partial charge in [-0.25, -0.2) is 0 Å². The van der Waals surface area contributed by atoms with E-state index in [1.54, 1.807) is 0 Å². The van der Waals surface area contributed by atoms with Crippen LogP contribution in [0.5, 0.6) is 0 Å². The number of hydrogen-bond donors (Lipinski definition) is 1. The summed E-state index contributed by atoms with van der Waals surface area (Å²) in [6, 6.07) is 8.42. The molecule has 2 rings (SSSR count). The number of carbonyl (C=O) groups excluding carboxylic acids is 1. The summed E-state index contributed by atoms with van der Waals surface area (Å²) >= 11 is 0. The molecule has 0 aliphatic carbocycles. The average Bonchev–Trinajstić information content (AvgIpc) is 2.45. The molecule has 1 aliphatic heterocycles. The molecular formula is C16H24N2O. The van der Waals surface area contributed by atoms with E-state index in [4.69, 9.17) is 0 Å². The van der Waals surface area contributed by atoms with E-state index < -0.39 is 5.54 Å². The van der Waals surface area contributed by atoms with Crippen LogP contribution >= 0.6 is 0 Å². The van der Waals surface area contributed by atoms with Gasteiger partial charge in [-0.15, -0.1) is 0 Å². The third kappa shape index (κ3) is 3.35. The van der Waals surface area contributed by atoms with E-state index in [0.29, 0.717) is 12.5 Å². The van der Waals surface area contributed by atoms with Crippen LogP contribution in [-0.2, 0) is 11.3 Å². The van der Waals surface area contributed by atoms with Crippen LogP contribution < -0.4 is 5.32 Å². The van der Waals surface area contributed by atoms with Crippen LogP contribution in [0.2, 0.25) is 0 Å². The summed E-state index contributed by atoms with van der Waals surface area (Å²) in [5.41, 5.74) is 1.99. The molecular weight excluding hydrogens is 236 g/mol. The van der Waals surface area contributed by atoms with E-state index in [0.717, 1.165) is 13.1 Å². The zero-order valence-corrected chi connectivity index (χ0v) is 12.4. The lowest BCUT2D eigenvalue weighted by Crippen LogP contribution is -2.51. The summed E-state index contributed by atoms with van der Waals surface area (Å²) in [5, 5.41) is 3.35. The van der Waals surface area contributed by atoms with Crippen molar-refractivity contribution in [1.29, 1.82) is 0 Å². The van der Waals surface area contributed by atoms with Gasteiger partial charge in [-0.3, -0.25) is 4.79 Å². The maximum Gasteiger partial charge on any atom is 0.242 e. The van der Waals surface area contributed by atoms with Gasteiger partial charge < -0.3 is 10.2 Å². The summed E-state index contributed by atoms with van der Waals surface area (Å²) in [6.45, 7) is 10.6. The molecule has 0 saturated carbocycles. The third-order valence-electron chi connectivity index (χ3n) is 3.74. The fourth-order valence-electron chi connectivity index (χ4n) is 2.47. The van der Waals surface area contributed by atoms with Gasteiger partial charge in [0.05, 0.1) is 5.54 Å². The molecule has 0 aromatic heterocycles. The van der Waals surface area contributed by atoms with Crippen molar-refractivity contribution in [2.75, 3.05) is 13.1 Å². The molecule has 1 fully saturated rings. The number of aryl methyl sites for hydroxylation is 1. The predicted molar refractivity (Wildman–Crippen MR) is 77.8 cm³/mol. The maximum absolute atomic E-state index is 12.5. The van der Waals surface area contributed by atoms with Crippen molar-refractivity contribution in [1.82, 2.24) is 10.2 Å². The Morgan fingerprint density at radius 2 is 1.95 bits per heavy atom. The number of rotatable bonds is 2. The van der Waals surface area contributed by atoms with Gasteiger partial charge in [-0.05, 0) is 32.3 Å². The fourth-order valence-corrected chi connectivity index (χ4v) is 2.47. The van der Waals surface area contributed by atoms with Crippen LogP contribution in [-0.4, -0.2) is 29.4 Å². The smallest absolute Gasteiger partial charge is 0.242 e. The monoisotopic (exact) mass is 260 g/mol. The lowest BCUT2D eigenvalue weighted by Gasteiger charge is -2.29. The minimum atomic E-state index is -0.463. The fraction of sp³-hybridized carbons (Fsp3) is 0.562. The second-order valence-electron chi connectivity index (χ2n) is 6.28. The molecule has 1 amide bonds. The average molecular weight is 260 g/mol. The van der Waals surface area contributed by atoms with Gasteiger partial charge in [-0.2, -0.15) is 0 Å². The Morgan fingerprint density at radius 1 is 1.32 bits per heavy atom. The standard InChI is InChI=1S/C16H24N2O/c1-12-5-7-14(8-6-12)11-18-10-13(2)9-17-16(3,4)15(18)19/h5-8,13,17H,9-11H2,1-4H3. The second-order valence-corrected chi connectivity index (χ2v) is 6.28. The third-order valence-corrected chi connectivity index (χ3v) is 3.74. The first kappa shape index (κ1) is 14.1. The highest BCUT2D eigenvalue weighted by Crippen LogP contribution is 2.18. The number of nitrogens with one attached hydrogen (secondary N) is 1. The molecule has 0 spiro atoms. The lowest BCUT2D eigenvalue weighted by atomic mass is 10.0. The van der Waals surface area contributed by atoms with Crippen molar-refractivity contribution in [3.63, 3.8) is 0 Å². The van der Waals surface area contributed by atoms with Crippen LogP contribution in [0, 0.1) is 12.8 Å². The minimum Gasteiger partial charge on any atom is -0.336 e. The number of benzene rings is 1. The molecule has 1 unspecified atom stereocenters. The zero-order chi connectivity index (χ0) is 14.0. The summed E-state index contributed by atoms with van der Waals surface area (Å²) in [6.07, 6.45) is 0. The van der Waals surface area contributed by atoms with E-state index in [1.165, 1.54) is 11.1 Å². The number of carbonyl (C=O) groups is 1. The normalized spacial score (nSPS) is 23.3. The minimum absolute atomic E-state index is 0.192. The predicted octanol–water partition coefficient (Wildman–Crippen LogP) is 2.34. The van der Waals surface area contributed by atoms with E-state index in [2.05, 4.69) is 43.4 Å². The molecule has 1 aromatic rings. The van der Waals surface area contributed by atoms with Gasteiger partial charge in [0, 0.05) is 19.6 Å². The van der Waals surface area contributed by atoms with Gasteiger partial charge in [0.25, 0.3) is 0 Å². The van der Waals surface area contributed by atoms with Crippen LogP contribution in [0.25, 0.3) is 0 Å². The molecule has 1 aromatic carbocycles. The number of nitrogens with zero attached hydrogens (tertiary/aromatic N) is 1. The molecule has 1 N–H and O–H groups in total. The van der Waals surface area contributed by atoms with Gasteiger partial charge in [-0.1, -0.05) is 36.8 Å². The largest absolute Gasteiger partial charge is 0.336 e. The van der Waals surface area contributed by atoms with Crippen molar-refractivity contribution >= 4 is 5.91 Å². The Kier molecular flexibility index (Phi) is 3.95. The first-order valence-corrected chi connectivity index (χ1v) is 6.98. The van der Waals surface area contributed by atoms with Crippen LogP contribution in [0.4, 0.5) is 0 Å². The molecule has 1 atom stereocenters. The summed E-state index contributed by atoms with van der Waals surface area (Å²) in [7, 11) is 0. The first-order valence-electron chi connectivity index (χ1n) is 6.98. The van der Waals surface area contributed by atoms with Crippen molar-refractivity contribution in [3.05, 3.63) is 35.4 Å². The molecule has 3 nitrogen and oxygen atoms in total. The Balaban J connectivity index is 2.16. The highest BCUT2D eigenvalue weighted by molar-refractivity contribution is 5.85. The molecule has 1 saturated heterocycles. The van der Waals surface area contributed by atoms with Gasteiger partial charge in [0.15, 0.2) is 0 Å². The molecule has 3 heteroatoms. The van der Waals surface area contributed by atoms with Gasteiger partial charge in [0.1, 0.15) is 0 Å². The number of hydrogen-bond acceptors (Lipinski definition) is 2. The molecule has 0 radical (unpaired) electrons. The summed E-state index contributed by atoms with van der Waals surface area (Å²) in [4.78, 5) is 14.5. The van der Waals surface area contributed by atoms with Crippen molar-refractivity contribution in [2.24, 2.45) is 5.92 Å². The van der Waals surface area contributed by atoms with E-state index >= 15 is 0 Å². The topological polar surface area (TPSA) is 32.3 Å². The highest BCUT2D eigenvalue weighted by Gasteiger charge is 2.35. The Bertz CT molecular complexity index is 450. The van der Waals surface area contributed by atoms with E-state index in [-0.39, 0.29) is 5.91 Å². The summed E-state index contributed by atoms with van der Waals surface area (Å²) in [5.74, 6) is 0.675. The lowest BCUT2D eigenvalue weighted by molar-refractivity contribution is -0.136. The Hall–Kier alpha value is -1.35. The Morgan fingerprint density at radius 3 is 2.58 bits per heavy atom. The second kappa shape index (κ2) is 5.33. The first-order chi connectivity index (χ1) is 8.88. The molecule has 1 aliphatic rings. The van der Waals surface area contributed by atoms with Crippen molar-refractivity contribution < 1.29 is 4.79 Å². The Labute approximate surface area is 116 Å². The van der Waals surface area contributed by atoms with Crippen molar-refractivity contribution in [3.8, 4) is 0 Å². The van der Waals surface area contributed by atoms with Crippen LogP contribution in [0.15, 0.2) is 24.3 Å².